The van der Waals surface area contributed by atoms with E-state index in [-0.39, 0.29) is 12.3 Å². The van der Waals surface area contributed by atoms with Crippen molar-refractivity contribution < 1.29 is 27.6 Å². The molecule has 1 aliphatic rings. The van der Waals surface area contributed by atoms with E-state index in [0.29, 0.717) is 17.1 Å². The number of carbonyl (C=O) groups excluding carboxylic acids is 3. The Hall–Kier alpha value is -3.48. The zero-order valence-corrected chi connectivity index (χ0v) is 14.9. The zero-order chi connectivity index (χ0) is 19.8. The highest BCUT2D eigenvalue weighted by Gasteiger charge is 2.52. The highest BCUT2D eigenvalue weighted by atomic mass is 19.1. The third-order valence-corrected chi connectivity index (χ3v) is 4.79. The van der Waals surface area contributed by atoms with E-state index >= 15 is 0 Å². The van der Waals surface area contributed by atoms with Crippen molar-refractivity contribution in [1.82, 2.24) is 4.90 Å². The first kappa shape index (κ1) is 17.9. The van der Waals surface area contributed by atoms with Crippen LogP contribution < -0.4 is 0 Å². The molecule has 1 aromatic carbocycles. The Bertz CT molecular complexity index is 1040. The largest absolute Gasteiger partial charge is 0.467 e. The summed E-state index contributed by atoms with van der Waals surface area (Å²) in [4.78, 5) is 39.8. The third kappa shape index (κ3) is 3.05. The fourth-order valence-corrected chi connectivity index (χ4v) is 3.48. The van der Waals surface area contributed by atoms with Gasteiger partial charge in [0.2, 0.25) is 11.6 Å². The van der Waals surface area contributed by atoms with E-state index in [1.54, 1.807) is 25.1 Å². The average Bonchev–Trinajstić information content (AvgIpc) is 3.40. The van der Waals surface area contributed by atoms with Crippen molar-refractivity contribution >= 4 is 17.5 Å². The van der Waals surface area contributed by atoms with Gasteiger partial charge in [-0.2, -0.15) is 0 Å². The molecule has 2 unspecified atom stereocenters. The second-order valence-electron chi connectivity index (χ2n) is 6.63. The van der Waals surface area contributed by atoms with Crippen molar-refractivity contribution in [2.24, 2.45) is 5.92 Å². The lowest BCUT2D eigenvalue weighted by molar-refractivity contribution is -0.141. The number of aryl methyl sites for hydroxylation is 1. The number of furan rings is 2. The number of carbonyl (C=O) groups is 3. The van der Waals surface area contributed by atoms with Gasteiger partial charge in [-0.05, 0) is 48.9 Å². The van der Waals surface area contributed by atoms with Crippen LogP contribution >= 0.6 is 0 Å². The molecule has 2 atom stereocenters. The summed E-state index contributed by atoms with van der Waals surface area (Å²) in [5.41, 5.74) is 0.480. The molecular formula is C21H16FNO5. The Labute approximate surface area is 159 Å². The van der Waals surface area contributed by atoms with Crippen molar-refractivity contribution in [2.75, 3.05) is 0 Å². The maximum Gasteiger partial charge on any atom is 0.291 e. The molecule has 7 heteroatoms. The Morgan fingerprint density at radius 1 is 1.11 bits per heavy atom. The number of nitrogens with zero attached hydrogens (tertiary/aromatic N) is 1. The number of Topliss-reactive ketones (excluding diaryl/α,β-unsaturated/α-hetero) is 2. The van der Waals surface area contributed by atoms with Crippen LogP contribution in [0.5, 0.6) is 0 Å². The molecule has 0 bridgehead atoms. The molecule has 0 saturated carbocycles. The molecular weight excluding hydrogens is 365 g/mol. The van der Waals surface area contributed by atoms with Gasteiger partial charge in [0.25, 0.3) is 5.91 Å². The predicted octanol–water partition coefficient (Wildman–Crippen LogP) is 3.47. The lowest BCUT2D eigenvalue weighted by Crippen LogP contribution is -2.30. The number of hydrogen-bond donors (Lipinski definition) is 0. The van der Waals surface area contributed by atoms with E-state index in [1.807, 2.05) is 0 Å². The van der Waals surface area contributed by atoms with Crippen molar-refractivity contribution in [3.05, 3.63) is 83.5 Å². The van der Waals surface area contributed by atoms with Gasteiger partial charge in [0.1, 0.15) is 23.3 Å². The second kappa shape index (κ2) is 6.92. The monoisotopic (exact) mass is 381 g/mol. The number of ketones is 2. The van der Waals surface area contributed by atoms with Crippen LogP contribution in [-0.2, 0) is 16.1 Å². The van der Waals surface area contributed by atoms with Crippen molar-refractivity contribution in [1.29, 1.82) is 0 Å². The van der Waals surface area contributed by atoms with E-state index in [2.05, 4.69) is 0 Å². The van der Waals surface area contributed by atoms with E-state index in [1.165, 1.54) is 41.5 Å². The Morgan fingerprint density at radius 2 is 1.86 bits per heavy atom. The van der Waals surface area contributed by atoms with Crippen molar-refractivity contribution in [3.8, 4) is 0 Å². The van der Waals surface area contributed by atoms with Crippen LogP contribution in [0.1, 0.15) is 33.7 Å². The van der Waals surface area contributed by atoms with E-state index in [4.69, 9.17) is 8.83 Å². The minimum absolute atomic E-state index is 0.00982. The summed E-state index contributed by atoms with van der Waals surface area (Å²) in [6.45, 7) is 1.69. The summed E-state index contributed by atoms with van der Waals surface area (Å²) >= 11 is 0. The van der Waals surface area contributed by atoms with Gasteiger partial charge in [0, 0.05) is 0 Å². The lowest BCUT2D eigenvalue weighted by atomic mass is 9.88. The molecule has 142 valence electrons. The van der Waals surface area contributed by atoms with Crippen LogP contribution in [0.15, 0.2) is 63.6 Å². The average molecular weight is 381 g/mol. The molecule has 1 saturated heterocycles. The highest BCUT2D eigenvalue weighted by molar-refractivity contribution is 6.43. The molecule has 28 heavy (non-hydrogen) atoms. The van der Waals surface area contributed by atoms with Crippen LogP contribution in [0.25, 0.3) is 0 Å². The fourth-order valence-electron chi connectivity index (χ4n) is 3.48. The van der Waals surface area contributed by atoms with Crippen molar-refractivity contribution in [3.63, 3.8) is 0 Å². The minimum atomic E-state index is -1.28. The minimum Gasteiger partial charge on any atom is -0.467 e. The van der Waals surface area contributed by atoms with Gasteiger partial charge in [-0.3, -0.25) is 14.4 Å². The van der Waals surface area contributed by atoms with E-state index in [0.717, 1.165) is 0 Å². The summed E-state index contributed by atoms with van der Waals surface area (Å²) in [7, 11) is 0. The number of likely N-dealkylation sites (tertiary alicyclic amines) is 1. The molecule has 1 fully saturated rings. The summed E-state index contributed by atoms with van der Waals surface area (Å²) in [5.74, 6) is -2.92. The SMILES string of the molecule is Cc1ccc(C(=O)C2C(=O)C(=O)N(Cc3ccco3)C2c2ccc(F)cc2)o1. The third-order valence-electron chi connectivity index (χ3n) is 4.79. The van der Waals surface area contributed by atoms with Crippen LogP contribution in [0.3, 0.4) is 0 Å². The van der Waals surface area contributed by atoms with Crippen molar-refractivity contribution in [2.45, 2.75) is 19.5 Å². The molecule has 1 amide bonds. The van der Waals surface area contributed by atoms with Crippen LogP contribution in [0.4, 0.5) is 4.39 Å². The van der Waals surface area contributed by atoms with Gasteiger partial charge in [-0.15, -0.1) is 0 Å². The predicted molar refractivity (Wildman–Crippen MR) is 94.7 cm³/mol. The van der Waals surface area contributed by atoms with Gasteiger partial charge in [-0.1, -0.05) is 12.1 Å². The van der Waals surface area contributed by atoms with Crippen LogP contribution in [0, 0.1) is 18.7 Å². The normalized spacial score (nSPS) is 19.4. The van der Waals surface area contributed by atoms with Gasteiger partial charge < -0.3 is 13.7 Å². The summed E-state index contributed by atoms with van der Waals surface area (Å²) in [5, 5.41) is 0. The number of amides is 1. The highest BCUT2D eigenvalue weighted by Crippen LogP contribution is 2.39. The quantitative estimate of drug-likeness (QED) is 0.384. The van der Waals surface area contributed by atoms with E-state index in [9.17, 15) is 18.8 Å². The second-order valence-corrected chi connectivity index (χ2v) is 6.63. The summed E-state index contributed by atoms with van der Waals surface area (Å²) < 4.78 is 24.1. The van der Waals surface area contributed by atoms with Gasteiger partial charge in [0.15, 0.2) is 5.76 Å². The number of halogens is 1. The van der Waals surface area contributed by atoms with Crippen LogP contribution in [0.2, 0.25) is 0 Å². The molecule has 0 radical (unpaired) electrons. The first-order valence-electron chi connectivity index (χ1n) is 8.69. The summed E-state index contributed by atoms with van der Waals surface area (Å²) in [6, 6.07) is 10.9. The molecule has 0 N–H and O–H groups in total. The van der Waals surface area contributed by atoms with Crippen LogP contribution in [-0.4, -0.2) is 22.4 Å². The molecule has 2 aromatic heterocycles. The maximum atomic E-state index is 13.4. The number of rotatable bonds is 5. The van der Waals surface area contributed by atoms with Gasteiger partial charge >= 0.3 is 0 Å². The molecule has 4 rings (SSSR count). The first-order chi connectivity index (χ1) is 13.5. The first-order valence-corrected chi connectivity index (χ1v) is 8.69. The molecule has 0 aliphatic carbocycles. The molecule has 1 aliphatic heterocycles. The standard InChI is InChI=1S/C21H16FNO5/c1-12-4-9-16(28-12)19(24)17-18(13-5-7-14(22)8-6-13)23(21(26)20(17)25)11-15-3-2-10-27-15/h2-10,17-18H,11H2,1H3. The Morgan fingerprint density at radius 3 is 2.46 bits per heavy atom. The van der Waals surface area contributed by atoms with Gasteiger partial charge in [0.05, 0.1) is 18.8 Å². The maximum absolute atomic E-state index is 13.4. The Kier molecular flexibility index (Phi) is 4.43. The fraction of sp³-hybridized carbons (Fsp3) is 0.190. The molecule has 6 nitrogen and oxygen atoms in total. The Balaban J connectivity index is 1.78. The smallest absolute Gasteiger partial charge is 0.291 e. The molecule has 0 spiro atoms. The molecule has 3 aromatic rings. The zero-order valence-electron chi connectivity index (χ0n) is 14.9. The lowest BCUT2D eigenvalue weighted by Gasteiger charge is -2.26. The summed E-state index contributed by atoms with van der Waals surface area (Å²) in [6.07, 6.45) is 1.46. The number of hydrogen-bond acceptors (Lipinski definition) is 5. The van der Waals surface area contributed by atoms with Gasteiger partial charge in [-0.25, -0.2) is 4.39 Å². The topological polar surface area (TPSA) is 80.7 Å². The van der Waals surface area contributed by atoms with E-state index < -0.39 is 35.3 Å². The molecule has 3 heterocycles. The number of benzene rings is 1.